The molecule has 0 fully saturated rings. The number of carbonyl (C=O) groups is 1. The van der Waals surface area contributed by atoms with Crippen molar-refractivity contribution in [1.82, 2.24) is 10.3 Å². The number of aromatic amines is 1. The van der Waals surface area contributed by atoms with E-state index in [1.54, 1.807) is 0 Å². The molecule has 2 rings (SSSR count). The van der Waals surface area contributed by atoms with Crippen LogP contribution in [0.25, 0.3) is 0 Å². The summed E-state index contributed by atoms with van der Waals surface area (Å²) in [6.07, 6.45) is 0.351. The molecule has 1 amide bonds. The van der Waals surface area contributed by atoms with Gasteiger partial charge in [0.05, 0.1) is 13.0 Å². The summed E-state index contributed by atoms with van der Waals surface area (Å²) in [4.78, 5) is 15.8. The summed E-state index contributed by atoms with van der Waals surface area (Å²) in [5.41, 5.74) is 0.967. The minimum atomic E-state index is -0.0302. The molecule has 96 valence electrons. The summed E-state index contributed by atoms with van der Waals surface area (Å²) in [6.45, 7) is 4.22. The van der Waals surface area contributed by atoms with Crippen LogP contribution in [0.5, 0.6) is 0 Å². The van der Waals surface area contributed by atoms with Crippen LogP contribution >= 0.6 is 23.6 Å². The number of aryl methyl sites for hydroxylation is 2. The predicted molar refractivity (Wildman–Crippen MR) is 73.2 cm³/mol. The molecule has 0 aliphatic carbocycles. The van der Waals surface area contributed by atoms with Gasteiger partial charge in [-0.25, -0.2) is 0 Å². The predicted octanol–water partition coefficient (Wildman–Crippen LogP) is 2.87. The topological polar surface area (TPSA) is 58.0 Å². The third-order valence-electron chi connectivity index (χ3n) is 2.50. The standard InChI is InChI=1S/C12H14N2O2S2/c1-7-3-4-9(16-7)6-13-11(15)5-10-8(2)14-12(17)18-10/h3-4H,5-6H2,1-2H3,(H,13,15)(H,14,17). The number of furan rings is 1. The number of carbonyl (C=O) groups excluding carboxylic acids is 1. The van der Waals surface area contributed by atoms with E-state index in [1.807, 2.05) is 26.0 Å². The fourth-order valence-corrected chi connectivity index (χ4v) is 2.87. The maximum Gasteiger partial charge on any atom is 0.225 e. The lowest BCUT2D eigenvalue weighted by Gasteiger charge is -2.02. The quantitative estimate of drug-likeness (QED) is 0.848. The minimum Gasteiger partial charge on any atom is -0.465 e. The van der Waals surface area contributed by atoms with E-state index in [1.165, 1.54) is 11.3 Å². The van der Waals surface area contributed by atoms with Gasteiger partial charge in [0.2, 0.25) is 5.91 Å². The van der Waals surface area contributed by atoms with Crippen molar-refractivity contribution in [3.8, 4) is 0 Å². The third-order valence-corrected chi connectivity index (χ3v) is 3.84. The molecule has 0 spiro atoms. The van der Waals surface area contributed by atoms with Crippen LogP contribution in [0.4, 0.5) is 0 Å². The summed E-state index contributed by atoms with van der Waals surface area (Å²) in [5.74, 6) is 1.58. The Morgan fingerprint density at radius 2 is 2.28 bits per heavy atom. The lowest BCUT2D eigenvalue weighted by molar-refractivity contribution is -0.120. The van der Waals surface area contributed by atoms with Crippen molar-refractivity contribution < 1.29 is 9.21 Å². The molecule has 4 nitrogen and oxygen atoms in total. The highest BCUT2D eigenvalue weighted by atomic mass is 32.1. The van der Waals surface area contributed by atoms with Gasteiger partial charge in [-0.3, -0.25) is 4.79 Å². The van der Waals surface area contributed by atoms with Gasteiger partial charge < -0.3 is 14.7 Å². The number of hydrogen-bond donors (Lipinski definition) is 2. The number of aromatic nitrogens is 1. The molecule has 2 N–H and O–H groups in total. The number of thiazole rings is 1. The average Bonchev–Trinajstić information content (AvgIpc) is 2.83. The van der Waals surface area contributed by atoms with E-state index in [0.29, 0.717) is 16.9 Å². The van der Waals surface area contributed by atoms with Gasteiger partial charge in [0, 0.05) is 10.6 Å². The van der Waals surface area contributed by atoms with Crippen LogP contribution in [-0.2, 0) is 17.8 Å². The zero-order valence-corrected chi connectivity index (χ0v) is 11.8. The molecule has 2 aromatic rings. The molecule has 18 heavy (non-hydrogen) atoms. The van der Waals surface area contributed by atoms with Crippen LogP contribution < -0.4 is 5.32 Å². The Balaban J connectivity index is 1.89. The van der Waals surface area contributed by atoms with Crippen LogP contribution in [-0.4, -0.2) is 10.9 Å². The van der Waals surface area contributed by atoms with Crippen molar-refractivity contribution in [1.29, 1.82) is 0 Å². The van der Waals surface area contributed by atoms with E-state index in [2.05, 4.69) is 10.3 Å². The smallest absolute Gasteiger partial charge is 0.225 e. The number of hydrogen-bond acceptors (Lipinski definition) is 4. The average molecular weight is 282 g/mol. The minimum absolute atomic E-state index is 0.0302. The molecule has 0 saturated carbocycles. The maximum absolute atomic E-state index is 11.8. The van der Waals surface area contributed by atoms with E-state index < -0.39 is 0 Å². The van der Waals surface area contributed by atoms with Gasteiger partial charge in [-0.1, -0.05) is 0 Å². The molecular formula is C12H14N2O2S2. The molecule has 2 heterocycles. The van der Waals surface area contributed by atoms with Gasteiger partial charge in [-0.15, -0.1) is 11.3 Å². The van der Waals surface area contributed by atoms with Crippen molar-refractivity contribution in [2.24, 2.45) is 0 Å². The summed E-state index contributed by atoms with van der Waals surface area (Å²) >= 11 is 6.48. The van der Waals surface area contributed by atoms with Gasteiger partial charge in [-0.2, -0.15) is 0 Å². The van der Waals surface area contributed by atoms with E-state index in [-0.39, 0.29) is 5.91 Å². The Morgan fingerprint density at radius 3 is 2.83 bits per heavy atom. The molecule has 0 radical (unpaired) electrons. The first kappa shape index (κ1) is 13.0. The Bertz CT molecular complexity index is 610. The second-order valence-electron chi connectivity index (χ2n) is 4.03. The SMILES string of the molecule is Cc1ccc(CNC(=O)Cc2sc(=S)[nH]c2C)o1. The number of amides is 1. The zero-order valence-electron chi connectivity index (χ0n) is 10.2. The lowest BCUT2D eigenvalue weighted by Crippen LogP contribution is -2.24. The molecule has 0 aliphatic heterocycles. The van der Waals surface area contributed by atoms with E-state index >= 15 is 0 Å². The van der Waals surface area contributed by atoms with E-state index in [4.69, 9.17) is 16.6 Å². The Hall–Kier alpha value is -1.40. The van der Waals surface area contributed by atoms with Crippen LogP contribution in [0.2, 0.25) is 0 Å². The fourth-order valence-electron chi connectivity index (χ4n) is 1.58. The van der Waals surface area contributed by atoms with Crippen LogP contribution in [0, 0.1) is 17.8 Å². The Morgan fingerprint density at radius 1 is 1.50 bits per heavy atom. The second kappa shape index (κ2) is 5.49. The highest BCUT2D eigenvalue weighted by Crippen LogP contribution is 2.15. The highest BCUT2D eigenvalue weighted by Gasteiger charge is 2.09. The molecular weight excluding hydrogens is 268 g/mol. The summed E-state index contributed by atoms with van der Waals surface area (Å²) in [5, 5.41) is 2.82. The molecule has 0 unspecified atom stereocenters. The van der Waals surface area contributed by atoms with Crippen molar-refractivity contribution in [2.75, 3.05) is 0 Å². The summed E-state index contributed by atoms with van der Waals surface area (Å²) < 4.78 is 6.08. The lowest BCUT2D eigenvalue weighted by atomic mass is 10.3. The summed E-state index contributed by atoms with van der Waals surface area (Å²) in [6, 6.07) is 3.74. The van der Waals surface area contributed by atoms with Gasteiger partial charge in [-0.05, 0) is 38.2 Å². The molecule has 0 saturated heterocycles. The van der Waals surface area contributed by atoms with Crippen LogP contribution in [0.1, 0.15) is 22.1 Å². The molecule has 6 heteroatoms. The number of nitrogens with one attached hydrogen (secondary N) is 2. The third kappa shape index (κ3) is 3.30. The number of rotatable bonds is 4. The zero-order chi connectivity index (χ0) is 13.1. The normalized spacial score (nSPS) is 10.6. The Labute approximate surface area is 114 Å². The van der Waals surface area contributed by atoms with Crippen molar-refractivity contribution in [3.63, 3.8) is 0 Å². The fraction of sp³-hybridized carbons (Fsp3) is 0.333. The molecule has 0 bridgehead atoms. The first-order chi connectivity index (χ1) is 8.54. The van der Waals surface area contributed by atoms with E-state index in [9.17, 15) is 4.79 Å². The van der Waals surface area contributed by atoms with Gasteiger partial charge in [0.25, 0.3) is 0 Å². The van der Waals surface area contributed by atoms with Crippen molar-refractivity contribution in [2.45, 2.75) is 26.8 Å². The molecule has 2 aromatic heterocycles. The number of H-pyrrole nitrogens is 1. The molecule has 0 atom stereocenters. The van der Waals surface area contributed by atoms with Crippen LogP contribution in [0.15, 0.2) is 16.5 Å². The monoisotopic (exact) mass is 282 g/mol. The Kier molecular flexibility index (Phi) is 3.98. The van der Waals surface area contributed by atoms with Crippen LogP contribution in [0.3, 0.4) is 0 Å². The van der Waals surface area contributed by atoms with Gasteiger partial charge >= 0.3 is 0 Å². The van der Waals surface area contributed by atoms with Crippen molar-refractivity contribution >= 4 is 29.5 Å². The molecule has 0 aromatic carbocycles. The maximum atomic E-state index is 11.8. The first-order valence-corrected chi connectivity index (χ1v) is 6.77. The molecule has 0 aliphatic rings. The summed E-state index contributed by atoms with van der Waals surface area (Å²) in [7, 11) is 0. The first-order valence-electron chi connectivity index (χ1n) is 5.55. The van der Waals surface area contributed by atoms with E-state index in [0.717, 1.165) is 22.1 Å². The highest BCUT2D eigenvalue weighted by molar-refractivity contribution is 7.73. The second-order valence-corrected chi connectivity index (χ2v) is 5.80. The largest absolute Gasteiger partial charge is 0.465 e. The van der Waals surface area contributed by atoms with Gasteiger partial charge in [0.1, 0.15) is 11.5 Å². The van der Waals surface area contributed by atoms with Crippen molar-refractivity contribution in [3.05, 3.63) is 38.2 Å². The van der Waals surface area contributed by atoms with Gasteiger partial charge in [0.15, 0.2) is 3.95 Å².